The molecule has 14 heteroatoms. The van der Waals surface area contributed by atoms with Crippen molar-refractivity contribution in [1.29, 1.82) is 0 Å². The third-order valence-corrected chi connectivity index (χ3v) is 9.22. The third-order valence-electron chi connectivity index (χ3n) is 6.17. The molecule has 0 bridgehead atoms. The van der Waals surface area contributed by atoms with Crippen LogP contribution in [0, 0.1) is 5.92 Å². The van der Waals surface area contributed by atoms with Crippen LogP contribution >= 0.6 is 11.8 Å². The van der Waals surface area contributed by atoms with Gasteiger partial charge in [-0.1, -0.05) is 72.4 Å². The Hall–Kier alpha value is -3.65. The summed E-state index contributed by atoms with van der Waals surface area (Å²) in [6.07, 6.45) is -6.14. The molecular weight excluding hydrogens is 575 g/mol. The van der Waals surface area contributed by atoms with Crippen LogP contribution in [-0.4, -0.2) is 65.9 Å². The summed E-state index contributed by atoms with van der Waals surface area (Å²) in [4.78, 5) is 50.2. The first kappa shape index (κ1) is 29.3. The summed E-state index contributed by atoms with van der Waals surface area (Å²) >= 11 is -0.220. The van der Waals surface area contributed by atoms with E-state index in [1.807, 2.05) is 0 Å². The van der Waals surface area contributed by atoms with E-state index in [0.29, 0.717) is 16.0 Å². The van der Waals surface area contributed by atoms with E-state index in [1.165, 1.54) is 0 Å². The van der Waals surface area contributed by atoms with E-state index >= 15 is 0 Å². The van der Waals surface area contributed by atoms with E-state index in [1.54, 1.807) is 60.7 Å². The fraction of sp³-hybridized carbons (Fsp3) is 0.308. The number of alkyl halides is 3. The van der Waals surface area contributed by atoms with Crippen LogP contribution < -0.4 is 0 Å². The van der Waals surface area contributed by atoms with E-state index in [9.17, 15) is 40.8 Å². The van der Waals surface area contributed by atoms with Gasteiger partial charge in [0.25, 0.3) is 5.12 Å². The van der Waals surface area contributed by atoms with Crippen LogP contribution in [0.15, 0.2) is 71.9 Å². The van der Waals surface area contributed by atoms with Gasteiger partial charge >= 0.3 is 18.1 Å². The number of hydrogen-bond donors (Lipinski definition) is 0. The fourth-order valence-electron chi connectivity index (χ4n) is 4.43. The van der Waals surface area contributed by atoms with Gasteiger partial charge in [0.1, 0.15) is 12.3 Å². The Bertz CT molecular complexity index is 1420. The monoisotopic (exact) mass is 597 g/mol. The van der Waals surface area contributed by atoms with E-state index in [0.717, 1.165) is 6.92 Å². The first-order valence-corrected chi connectivity index (χ1v) is 14.5. The topological polar surface area (TPSA) is 124 Å². The van der Waals surface area contributed by atoms with Crippen molar-refractivity contribution in [1.82, 2.24) is 4.90 Å². The van der Waals surface area contributed by atoms with Crippen LogP contribution in [0.2, 0.25) is 0 Å². The fourth-order valence-corrected chi connectivity index (χ4v) is 7.49. The van der Waals surface area contributed by atoms with Gasteiger partial charge in [0.2, 0.25) is 5.91 Å². The van der Waals surface area contributed by atoms with Crippen molar-refractivity contribution >= 4 is 44.6 Å². The number of nitrogens with zero attached hydrogens (tertiary/aromatic N) is 1. The van der Waals surface area contributed by atoms with Gasteiger partial charge in [0.05, 0.1) is 11.7 Å². The molecule has 212 valence electrons. The average Bonchev–Trinajstić information content (AvgIpc) is 2.90. The molecule has 0 saturated carbocycles. The summed E-state index contributed by atoms with van der Waals surface area (Å²) in [6, 6.07) is 17.2. The Morgan fingerprint density at radius 1 is 1.02 bits per heavy atom. The van der Waals surface area contributed by atoms with Crippen molar-refractivity contribution in [2.75, 3.05) is 18.1 Å². The van der Waals surface area contributed by atoms with Crippen LogP contribution in [-0.2, 0) is 38.5 Å². The van der Waals surface area contributed by atoms with Gasteiger partial charge in [-0.15, -0.1) is 0 Å². The molecule has 2 aromatic rings. The molecule has 0 aliphatic carbocycles. The molecule has 2 aromatic carbocycles. The zero-order chi connectivity index (χ0) is 29.2. The van der Waals surface area contributed by atoms with Gasteiger partial charge in [-0.3, -0.25) is 19.3 Å². The Kier molecular flexibility index (Phi) is 8.40. The second-order valence-corrected chi connectivity index (χ2v) is 12.0. The summed E-state index contributed by atoms with van der Waals surface area (Å²) < 4.78 is 75.0. The van der Waals surface area contributed by atoms with E-state index in [-0.39, 0.29) is 17.3 Å². The predicted molar refractivity (Wildman–Crippen MR) is 136 cm³/mol. The van der Waals surface area contributed by atoms with Gasteiger partial charge in [-0.2, -0.15) is 13.2 Å². The first-order valence-electron chi connectivity index (χ1n) is 11.8. The second kappa shape index (κ2) is 11.5. The standard InChI is InChI=1S/C26H22F3NO8S2/c1-15(31)37-12-18-14-40(35,36)23-19(13-39-25(34)26(27,28)29)22(32)30(23)20(18)24(33)38-21(16-8-4-2-5-9-16)17-10-6-3-7-11-17/h2-11,19,21,23H,12-14H2,1H3/t19-,23+/m0/s1. The Morgan fingerprint density at radius 2 is 1.57 bits per heavy atom. The number of sulfone groups is 1. The molecule has 9 nitrogen and oxygen atoms in total. The molecule has 1 amide bonds. The van der Waals surface area contributed by atoms with Crippen LogP contribution in [0.1, 0.15) is 24.2 Å². The number of rotatable bonds is 8. The minimum absolute atomic E-state index is 0.220. The summed E-state index contributed by atoms with van der Waals surface area (Å²) in [5.74, 6) is -5.91. The SMILES string of the molecule is CC(=O)OCC1=C(C(=O)OC(c2ccccc2)c2ccccc2)N2C(=O)[C@H](CSC(=O)C(F)(F)F)[C@H]2S(=O)(=O)C1. The average molecular weight is 598 g/mol. The molecule has 2 aliphatic rings. The smallest absolute Gasteiger partial charge is 0.460 e. The molecule has 0 N–H and O–H groups in total. The molecule has 0 spiro atoms. The number of thioether (sulfide) groups is 1. The number of fused-ring (bicyclic) bond motifs is 1. The highest BCUT2D eigenvalue weighted by molar-refractivity contribution is 8.13. The minimum Gasteiger partial charge on any atom is -0.461 e. The Morgan fingerprint density at radius 3 is 2.08 bits per heavy atom. The lowest BCUT2D eigenvalue weighted by atomic mass is 9.97. The van der Waals surface area contributed by atoms with Crippen molar-refractivity contribution in [2.45, 2.75) is 24.6 Å². The van der Waals surface area contributed by atoms with Gasteiger partial charge in [0, 0.05) is 18.2 Å². The van der Waals surface area contributed by atoms with Gasteiger partial charge in [-0.05, 0) is 11.1 Å². The largest absolute Gasteiger partial charge is 0.461 e. The molecule has 0 unspecified atom stereocenters. The summed E-state index contributed by atoms with van der Waals surface area (Å²) in [7, 11) is -4.24. The Labute approximate surface area is 231 Å². The molecule has 1 saturated heterocycles. The molecule has 1 fully saturated rings. The second-order valence-electron chi connectivity index (χ2n) is 8.95. The summed E-state index contributed by atoms with van der Waals surface area (Å²) in [5, 5.41) is -3.87. The lowest BCUT2D eigenvalue weighted by Crippen LogP contribution is -2.68. The predicted octanol–water partition coefficient (Wildman–Crippen LogP) is 3.17. The van der Waals surface area contributed by atoms with Crippen molar-refractivity contribution < 1.29 is 50.2 Å². The number of benzene rings is 2. The molecule has 2 heterocycles. The van der Waals surface area contributed by atoms with Crippen LogP contribution in [0.4, 0.5) is 13.2 Å². The molecule has 2 aliphatic heterocycles. The minimum atomic E-state index is -5.17. The van der Waals surface area contributed by atoms with Gasteiger partial charge < -0.3 is 9.47 Å². The van der Waals surface area contributed by atoms with Crippen LogP contribution in [0.5, 0.6) is 0 Å². The van der Waals surface area contributed by atoms with E-state index in [4.69, 9.17) is 9.47 Å². The maximum atomic E-state index is 13.6. The summed E-state index contributed by atoms with van der Waals surface area (Å²) in [5.41, 5.74) is 0.451. The van der Waals surface area contributed by atoms with Crippen molar-refractivity contribution in [3.8, 4) is 0 Å². The van der Waals surface area contributed by atoms with E-state index < -0.39 is 80.2 Å². The lowest BCUT2D eigenvalue weighted by Gasteiger charge is -2.49. The van der Waals surface area contributed by atoms with Gasteiger partial charge in [0.15, 0.2) is 21.3 Å². The quantitative estimate of drug-likeness (QED) is 0.333. The van der Waals surface area contributed by atoms with Crippen LogP contribution in [0.25, 0.3) is 0 Å². The number of ether oxygens (including phenoxy) is 2. The highest BCUT2D eigenvalue weighted by Crippen LogP contribution is 2.43. The Balaban J connectivity index is 1.70. The van der Waals surface area contributed by atoms with E-state index in [2.05, 4.69) is 0 Å². The first-order chi connectivity index (χ1) is 18.8. The molecule has 40 heavy (non-hydrogen) atoms. The molecule has 0 radical (unpaired) electrons. The lowest BCUT2D eigenvalue weighted by molar-refractivity contribution is -0.160. The van der Waals surface area contributed by atoms with Crippen molar-refractivity contribution in [3.63, 3.8) is 0 Å². The maximum Gasteiger partial charge on any atom is 0.460 e. The molecular formula is C26H22F3NO8S2. The zero-order valence-corrected chi connectivity index (χ0v) is 22.4. The number of hydrogen-bond acceptors (Lipinski definition) is 9. The molecule has 2 atom stereocenters. The number of esters is 2. The number of carbonyl (C=O) groups excluding carboxylic acids is 4. The maximum absolute atomic E-state index is 13.6. The molecule has 4 rings (SSSR count). The third kappa shape index (κ3) is 6.07. The normalized spacial score (nSPS) is 20.0. The van der Waals surface area contributed by atoms with Gasteiger partial charge in [-0.25, -0.2) is 13.2 Å². The highest BCUT2D eigenvalue weighted by Gasteiger charge is 2.60. The van der Waals surface area contributed by atoms with Crippen molar-refractivity contribution in [3.05, 3.63) is 83.1 Å². The van der Waals surface area contributed by atoms with Crippen molar-refractivity contribution in [2.24, 2.45) is 5.92 Å². The number of carbonyl (C=O) groups is 4. The summed E-state index contributed by atoms with van der Waals surface area (Å²) in [6.45, 7) is 0.433. The number of halogens is 3. The zero-order valence-electron chi connectivity index (χ0n) is 20.8. The number of amides is 1. The number of β-lactam (4-membered cyclic amide) rings is 1. The highest BCUT2D eigenvalue weighted by atomic mass is 32.2. The molecule has 0 aromatic heterocycles. The van der Waals surface area contributed by atoms with Crippen LogP contribution in [0.3, 0.4) is 0 Å².